The summed E-state index contributed by atoms with van der Waals surface area (Å²) in [5.41, 5.74) is 4.09. The van der Waals surface area contributed by atoms with E-state index in [0.29, 0.717) is 31.8 Å². The summed E-state index contributed by atoms with van der Waals surface area (Å²) in [5.74, 6) is -0.219. The van der Waals surface area contributed by atoms with Crippen molar-refractivity contribution in [2.45, 2.75) is 59.0 Å². The van der Waals surface area contributed by atoms with E-state index in [1.807, 2.05) is 59.5 Å². The molecule has 0 atom stereocenters. The number of rotatable bonds is 15. The van der Waals surface area contributed by atoms with E-state index in [4.69, 9.17) is 4.74 Å². The Morgan fingerprint density at radius 2 is 1.62 bits per heavy atom. The largest absolute Gasteiger partial charge is 0.383 e. The van der Waals surface area contributed by atoms with Crippen LogP contribution in [0.25, 0.3) is 0 Å². The Bertz CT molecular complexity index is 1100. The van der Waals surface area contributed by atoms with Gasteiger partial charge in [0, 0.05) is 30.6 Å². The minimum Gasteiger partial charge on any atom is -0.383 e. The number of aryl methyl sites for hydroxylation is 2. The van der Waals surface area contributed by atoms with Crippen molar-refractivity contribution in [3.05, 3.63) is 93.2 Å². The van der Waals surface area contributed by atoms with Gasteiger partial charge in [0.15, 0.2) is 0 Å². The van der Waals surface area contributed by atoms with Crippen LogP contribution < -0.4 is 0 Å². The lowest BCUT2D eigenvalue weighted by Crippen LogP contribution is -2.43. The van der Waals surface area contributed by atoms with Gasteiger partial charge in [-0.25, -0.2) is 0 Å². The fourth-order valence-electron chi connectivity index (χ4n) is 4.25. The number of carbonyl (C=O) groups excluding carboxylic acids is 2. The summed E-state index contributed by atoms with van der Waals surface area (Å²) < 4.78 is 5.26. The summed E-state index contributed by atoms with van der Waals surface area (Å²) in [4.78, 5) is 31.7. The van der Waals surface area contributed by atoms with Crippen LogP contribution in [0.2, 0.25) is 0 Å². The number of benzene rings is 2. The van der Waals surface area contributed by atoms with Gasteiger partial charge in [0.2, 0.25) is 5.91 Å². The molecule has 0 fully saturated rings. The zero-order chi connectivity index (χ0) is 26.5. The molecule has 0 aliphatic rings. The molecule has 3 aromatic rings. The summed E-state index contributed by atoms with van der Waals surface area (Å²) in [5, 5.41) is 2.05. The first-order valence-electron chi connectivity index (χ1n) is 13.2. The lowest BCUT2D eigenvalue weighted by Gasteiger charge is -2.28. The summed E-state index contributed by atoms with van der Waals surface area (Å²) in [6.07, 6.45) is 5.90. The zero-order valence-corrected chi connectivity index (χ0v) is 23.3. The molecule has 0 N–H and O–H groups in total. The molecule has 0 aliphatic carbocycles. The Morgan fingerprint density at radius 1 is 0.865 bits per heavy atom. The zero-order valence-electron chi connectivity index (χ0n) is 22.4. The molecule has 2 aromatic carbocycles. The standard InChI is InChI=1S/C31H40N2O3S/c1-4-5-6-8-11-26-14-16-28(17-15-26)31(35)32(19-20-36-3)24-30(34)33(22-27-12-9-7-10-13-27)23-29-25(2)18-21-37-29/h7,9-10,12-18,21H,4-6,8,11,19-20,22-24H2,1-3H3. The second-order valence-corrected chi connectivity index (χ2v) is 10.5. The van der Waals surface area contributed by atoms with Crippen LogP contribution in [0.15, 0.2) is 66.0 Å². The average molecular weight is 521 g/mol. The van der Waals surface area contributed by atoms with Crippen LogP contribution in [-0.4, -0.2) is 48.4 Å². The molecule has 198 valence electrons. The molecule has 0 saturated heterocycles. The Hall–Kier alpha value is -2.96. The summed E-state index contributed by atoms with van der Waals surface area (Å²) in [7, 11) is 1.61. The Kier molecular flexibility index (Phi) is 11.9. The molecule has 3 rings (SSSR count). The molecule has 2 amide bonds. The molecule has 0 radical (unpaired) electrons. The molecule has 6 heteroatoms. The van der Waals surface area contributed by atoms with Crippen molar-refractivity contribution in [1.82, 2.24) is 9.80 Å². The van der Waals surface area contributed by atoms with E-state index in [9.17, 15) is 9.59 Å². The summed E-state index contributed by atoms with van der Waals surface area (Å²) in [6, 6.07) is 19.9. The number of unbranched alkanes of at least 4 members (excludes halogenated alkanes) is 3. The third-order valence-electron chi connectivity index (χ3n) is 6.57. The van der Waals surface area contributed by atoms with Crippen molar-refractivity contribution < 1.29 is 14.3 Å². The van der Waals surface area contributed by atoms with E-state index in [1.54, 1.807) is 23.3 Å². The third-order valence-corrected chi connectivity index (χ3v) is 7.58. The first-order chi connectivity index (χ1) is 18.0. The van der Waals surface area contributed by atoms with Gasteiger partial charge in [-0.3, -0.25) is 9.59 Å². The van der Waals surface area contributed by atoms with E-state index in [0.717, 1.165) is 23.3 Å². The SMILES string of the molecule is CCCCCCc1ccc(C(=O)N(CCOC)CC(=O)N(Cc2ccccc2)Cc2sccc2C)cc1. The lowest BCUT2D eigenvalue weighted by atomic mass is 10.0. The topological polar surface area (TPSA) is 49.9 Å². The Balaban J connectivity index is 1.72. The van der Waals surface area contributed by atoms with E-state index in [2.05, 4.69) is 25.3 Å². The van der Waals surface area contributed by atoms with Crippen molar-refractivity contribution in [2.75, 3.05) is 26.8 Å². The number of thiophene rings is 1. The summed E-state index contributed by atoms with van der Waals surface area (Å²) >= 11 is 1.66. The molecule has 1 aromatic heterocycles. The second kappa shape index (κ2) is 15.3. The number of ether oxygens (including phenoxy) is 1. The maximum absolute atomic E-state index is 13.6. The van der Waals surface area contributed by atoms with Crippen LogP contribution in [0.5, 0.6) is 0 Å². The first-order valence-corrected chi connectivity index (χ1v) is 14.1. The smallest absolute Gasteiger partial charge is 0.254 e. The van der Waals surface area contributed by atoms with Crippen LogP contribution in [0, 0.1) is 6.92 Å². The lowest BCUT2D eigenvalue weighted by molar-refractivity contribution is -0.133. The molecule has 0 aliphatic heterocycles. The maximum atomic E-state index is 13.6. The number of carbonyl (C=O) groups is 2. The fourth-order valence-corrected chi connectivity index (χ4v) is 5.17. The molecule has 5 nitrogen and oxygen atoms in total. The van der Waals surface area contributed by atoms with E-state index in [-0.39, 0.29) is 18.4 Å². The highest BCUT2D eigenvalue weighted by molar-refractivity contribution is 7.10. The first kappa shape index (κ1) is 28.6. The van der Waals surface area contributed by atoms with Crippen LogP contribution in [0.1, 0.15) is 64.5 Å². The molecule has 0 spiro atoms. The average Bonchev–Trinajstić information content (AvgIpc) is 3.33. The molecular formula is C31H40N2O3S. The predicted molar refractivity (Wildman–Crippen MR) is 152 cm³/mol. The quantitative estimate of drug-likeness (QED) is 0.215. The Labute approximate surface area is 226 Å². The maximum Gasteiger partial charge on any atom is 0.254 e. The van der Waals surface area contributed by atoms with Gasteiger partial charge in [-0.15, -0.1) is 11.3 Å². The molecule has 0 saturated carbocycles. The monoisotopic (exact) mass is 520 g/mol. The van der Waals surface area contributed by atoms with E-state index < -0.39 is 0 Å². The highest BCUT2D eigenvalue weighted by Crippen LogP contribution is 2.20. The van der Waals surface area contributed by atoms with Crippen molar-refractivity contribution in [3.8, 4) is 0 Å². The Morgan fingerprint density at radius 3 is 2.27 bits per heavy atom. The van der Waals surface area contributed by atoms with Gasteiger partial charge in [-0.2, -0.15) is 0 Å². The van der Waals surface area contributed by atoms with Gasteiger partial charge in [0.25, 0.3) is 5.91 Å². The molecule has 0 bridgehead atoms. The minimum atomic E-state index is -0.144. The molecule has 1 heterocycles. The predicted octanol–water partition coefficient (Wildman–Crippen LogP) is 6.50. The van der Waals surface area contributed by atoms with Crippen molar-refractivity contribution in [1.29, 1.82) is 0 Å². The van der Waals surface area contributed by atoms with Gasteiger partial charge >= 0.3 is 0 Å². The molecule has 37 heavy (non-hydrogen) atoms. The van der Waals surface area contributed by atoms with Gasteiger partial charge in [0.05, 0.1) is 13.2 Å². The van der Waals surface area contributed by atoms with Crippen LogP contribution >= 0.6 is 11.3 Å². The fraction of sp³-hybridized carbons (Fsp3) is 0.419. The highest BCUT2D eigenvalue weighted by Gasteiger charge is 2.23. The number of hydrogen-bond acceptors (Lipinski definition) is 4. The number of methoxy groups -OCH3 is 1. The van der Waals surface area contributed by atoms with Crippen LogP contribution in [0.3, 0.4) is 0 Å². The third kappa shape index (κ3) is 9.13. The summed E-state index contributed by atoms with van der Waals surface area (Å²) in [6.45, 7) is 6.04. The number of nitrogens with zero attached hydrogens (tertiary/aromatic N) is 2. The molecular weight excluding hydrogens is 480 g/mol. The minimum absolute atomic E-state index is 0.0121. The van der Waals surface area contributed by atoms with Crippen LogP contribution in [0.4, 0.5) is 0 Å². The van der Waals surface area contributed by atoms with Crippen LogP contribution in [-0.2, 0) is 29.0 Å². The highest BCUT2D eigenvalue weighted by atomic mass is 32.1. The van der Waals surface area contributed by atoms with Gasteiger partial charge < -0.3 is 14.5 Å². The van der Waals surface area contributed by atoms with Crippen molar-refractivity contribution >= 4 is 23.2 Å². The van der Waals surface area contributed by atoms with Gasteiger partial charge in [-0.1, -0.05) is 68.7 Å². The number of amides is 2. The van der Waals surface area contributed by atoms with Gasteiger partial charge in [0.1, 0.15) is 6.54 Å². The molecule has 0 unspecified atom stereocenters. The van der Waals surface area contributed by atoms with Gasteiger partial charge in [-0.05, 0) is 60.0 Å². The van der Waals surface area contributed by atoms with E-state index >= 15 is 0 Å². The normalized spacial score (nSPS) is 10.9. The van der Waals surface area contributed by atoms with Crippen molar-refractivity contribution in [3.63, 3.8) is 0 Å². The number of hydrogen-bond donors (Lipinski definition) is 0. The second-order valence-electron chi connectivity index (χ2n) is 9.49. The van der Waals surface area contributed by atoms with E-state index in [1.165, 1.54) is 30.4 Å². The van der Waals surface area contributed by atoms with Crippen molar-refractivity contribution in [2.24, 2.45) is 0 Å².